The summed E-state index contributed by atoms with van der Waals surface area (Å²) in [6, 6.07) is 5.02. The number of aromatic hydroxyl groups is 1. The number of phenols is 1. The Labute approximate surface area is 83.3 Å². The van der Waals surface area contributed by atoms with Gasteiger partial charge < -0.3 is 9.84 Å². The second-order valence-corrected chi connectivity index (χ2v) is 2.89. The number of rotatable bonds is 3. The first-order valence-electron chi connectivity index (χ1n) is 4.68. The first-order chi connectivity index (χ1) is 6.70. The van der Waals surface area contributed by atoms with Gasteiger partial charge in [0.15, 0.2) is 0 Å². The van der Waals surface area contributed by atoms with Gasteiger partial charge in [-0.05, 0) is 25.0 Å². The van der Waals surface area contributed by atoms with Crippen LogP contribution in [0.4, 0.5) is 0 Å². The molecule has 0 bridgehead atoms. The van der Waals surface area contributed by atoms with Crippen LogP contribution in [0.25, 0.3) is 0 Å². The molecule has 0 unspecified atom stereocenters. The van der Waals surface area contributed by atoms with Crippen molar-refractivity contribution in [3.05, 3.63) is 29.3 Å². The number of hydrogen-bond donors (Lipinski definition) is 1. The van der Waals surface area contributed by atoms with Crippen molar-refractivity contribution >= 4 is 5.97 Å². The van der Waals surface area contributed by atoms with Crippen LogP contribution in [-0.4, -0.2) is 17.7 Å². The van der Waals surface area contributed by atoms with E-state index in [-0.39, 0.29) is 11.3 Å². The molecule has 0 heterocycles. The van der Waals surface area contributed by atoms with Crippen molar-refractivity contribution in [1.82, 2.24) is 0 Å². The fourth-order valence-corrected chi connectivity index (χ4v) is 1.32. The Hall–Kier alpha value is -1.51. The molecule has 0 fully saturated rings. The monoisotopic (exact) mass is 194 g/mol. The predicted octanol–water partition coefficient (Wildman–Crippen LogP) is 2.13. The molecule has 3 heteroatoms. The molecule has 1 aromatic carbocycles. The number of aryl methyl sites for hydroxylation is 1. The van der Waals surface area contributed by atoms with Gasteiger partial charge in [-0.15, -0.1) is 0 Å². The minimum absolute atomic E-state index is 0.0113. The molecule has 0 aliphatic heterocycles. The van der Waals surface area contributed by atoms with Crippen LogP contribution in [0.1, 0.15) is 29.8 Å². The van der Waals surface area contributed by atoms with Gasteiger partial charge in [-0.2, -0.15) is 0 Å². The molecule has 0 spiro atoms. The molecule has 0 saturated carbocycles. The van der Waals surface area contributed by atoms with E-state index in [4.69, 9.17) is 4.74 Å². The molecule has 0 atom stereocenters. The van der Waals surface area contributed by atoms with Crippen molar-refractivity contribution in [1.29, 1.82) is 0 Å². The normalized spacial score (nSPS) is 9.86. The second-order valence-electron chi connectivity index (χ2n) is 2.89. The lowest BCUT2D eigenvalue weighted by Crippen LogP contribution is -2.08. The lowest BCUT2D eigenvalue weighted by molar-refractivity contribution is 0.0522. The van der Waals surface area contributed by atoms with Crippen LogP contribution in [-0.2, 0) is 11.2 Å². The third-order valence-electron chi connectivity index (χ3n) is 1.99. The van der Waals surface area contributed by atoms with E-state index in [2.05, 4.69) is 0 Å². The summed E-state index contributed by atoms with van der Waals surface area (Å²) >= 11 is 0. The van der Waals surface area contributed by atoms with Gasteiger partial charge in [0, 0.05) is 0 Å². The van der Waals surface area contributed by atoms with Gasteiger partial charge in [0.2, 0.25) is 0 Å². The molecule has 1 rings (SSSR count). The minimum atomic E-state index is -0.456. The van der Waals surface area contributed by atoms with Gasteiger partial charge in [-0.3, -0.25) is 0 Å². The summed E-state index contributed by atoms with van der Waals surface area (Å²) in [6.07, 6.45) is 0.697. The standard InChI is InChI=1S/C11H14O3/c1-3-8-6-5-7-9(12)10(8)11(13)14-4-2/h5-7,12H,3-4H2,1-2H3. The Bertz CT molecular complexity index is 331. The van der Waals surface area contributed by atoms with E-state index in [0.29, 0.717) is 13.0 Å². The highest BCUT2D eigenvalue weighted by molar-refractivity contribution is 5.94. The van der Waals surface area contributed by atoms with Crippen molar-refractivity contribution in [3.8, 4) is 5.75 Å². The first kappa shape index (κ1) is 10.6. The van der Waals surface area contributed by atoms with Crippen molar-refractivity contribution in [2.75, 3.05) is 6.61 Å². The van der Waals surface area contributed by atoms with Gasteiger partial charge >= 0.3 is 5.97 Å². The molecular formula is C11H14O3. The number of ether oxygens (including phenoxy) is 1. The van der Waals surface area contributed by atoms with Gasteiger partial charge in [-0.1, -0.05) is 19.1 Å². The number of esters is 1. The molecule has 0 amide bonds. The van der Waals surface area contributed by atoms with Crippen LogP contribution in [0.15, 0.2) is 18.2 Å². The molecule has 3 nitrogen and oxygen atoms in total. The topological polar surface area (TPSA) is 46.5 Å². The van der Waals surface area contributed by atoms with Gasteiger partial charge in [0.05, 0.1) is 6.61 Å². The zero-order valence-electron chi connectivity index (χ0n) is 8.41. The summed E-state index contributed by atoms with van der Waals surface area (Å²) in [5.41, 5.74) is 1.10. The molecule has 0 saturated heterocycles. The number of hydrogen-bond acceptors (Lipinski definition) is 3. The lowest BCUT2D eigenvalue weighted by atomic mass is 10.0. The maximum absolute atomic E-state index is 11.5. The molecule has 0 aliphatic carbocycles. The molecule has 1 N–H and O–H groups in total. The van der Waals surface area contributed by atoms with Crippen molar-refractivity contribution in [3.63, 3.8) is 0 Å². The summed E-state index contributed by atoms with van der Waals surface area (Å²) in [5.74, 6) is -0.467. The van der Waals surface area contributed by atoms with Crippen LogP contribution < -0.4 is 0 Å². The highest BCUT2D eigenvalue weighted by atomic mass is 16.5. The molecular weight excluding hydrogens is 180 g/mol. The average Bonchev–Trinajstić information content (AvgIpc) is 2.17. The van der Waals surface area contributed by atoms with Crippen LogP contribution in [0, 0.1) is 0 Å². The summed E-state index contributed by atoms with van der Waals surface area (Å²) in [7, 11) is 0. The molecule has 0 aliphatic rings. The Morgan fingerprint density at radius 1 is 1.43 bits per heavy atom. The molecule has 0 aromatic heterocycles. The molecule has 0 radical (unpaired) electrons. The van der Waals surface area contributed by atoms with E-state index in [1.54, 1.807) is 13.0 Å². The summed E-state index contributed by atoms with van der Waals surface area (Å²) < 4.78 is 4.85. The Morgan fingerprint density at radius 2 is 2.14 bits per heavy atom. The Morgan fingerprint density at radius 3 is 2.71 bits per heavy atom. The highest BCUT2D eigenvalue weighted by Crippen LogP contribution is 2.22. The highest BCUT2D eigenvalue weighted by Gasteiger charge is 2.15. The van der Waals surface area contributed by atoms with E-state index in [1.165, 1.54) is 6.07 Å². The maximum Gasteiger partial charge on any atom is 0.342 e. The average molecular weight is 194 g/mol. The van der Waals surface area contributed by atoms with Gasteiger partial charge in [0.25, 0.3) is 0 Å². The van der Waals surface area contributed by atoms with E-state index >= 15 is 0 Å². The number of carbonyl (C=O) groups excluding carboxylic acids is 1. The number of phenolic OH excluding ortho intramolecular Hbond substituents is 1. The van der Waals surface area contributed by atoms with E-state index in [1.807, 2.05) is 13.0 Å². The fraction of sp³-hybridized carbons (Fsp3) is 0.364. The second kappa shape index (κ2) is 4.65. The Balaban J connectivity index is 3.10. The Kier molecular flexibility index (Phi) is 3.51. The maximum atomic E-state index is 11.5. The molecule has 1 aromatic rings. The number of benzene rings is 1. The predicted molar refractivity (Wildman–Crippen MR) is 53.4 cm³/mol. The smallest absolute Gasteiger partial charge is 0.342 e. The van der Waals surface area contributed by atoms with Gasteiger partial charge in [-0.25, -0.2) is 4.79 Å². The number of carbonyl (C=O) groups is 1. The van der Waals surface area contributed by atoms with Crippen molar-refractivity contribution < 1.29 is 14.6 Å². The van der Waals surface area contributed by atoms with E-state index in [0.717, 1.165) is 5.56 Å². The van der Waals surface area contributed by atoms with E-state index in [9.17, 15) is 9.90 Å². The first-order valence-corrected chi connectivity index (χ1v) is 4.68. The zero-order chi connectivity index (χ0) is 10.6. The summed E-state index contributed by atoms with van der Waals surface area (Å²) in [4.78, 5) is 11.5. The summed E-state index contributed by atoms with van der Waals surface area (Å²) in [5, 5.41) is 9.52. The molecule has 14 heavy (non-hydrogen) atoms. The lowest BCUT2D eigenvalue weighted by Gasteiger charge is -2.08. The van der Waals surface area contributed by atoms with Crippen LogP contribution >= 0.6 is 0 Å². The third-order valence-corrected chi connectivity index (χ3v) is 1.99. The summed E-state index contributed by atoms with van der Waals surface area (Å²) in [6.45, 7) is 3.98. The van der Waals surface area contributed by atoms with Crippen LogP contribution in [0.5, 0.6) is 5.75 Å². The molecule has 76 valence electrons. The fourth-order valence-electron chi connectivity index (χ4n) is 1.32. The third kappa shape index (κ3) is 2.05. The van der Waals surface area contributed by atoms with Crippen LogP contribution in [0.3, 0.4) is 0 Å². The van der Waals surface area contributed by atoms with Crippen LogP contribution in [0.2, 0.25) is 0 Å². The SMILES string of the molecule is CCOC(=O)c1c(O)cccc1CC. The van der Waals surface area contributed by atoms with Crippen molar-refractivity contribution in [2.24, 2.45) is 0 Å². The quantitative estimate of drug-likeness (QED) is 0.750. The van der Waals surface area contributed by atoms with Gasteiger partial charge in [0.1, 0.15) is 11.3 Å². The zero-order valence-corrected chi connectivity index (χ0v) is 8.41. The van der Waals surface area contributed by atoms with Crippen molar-refractivity contribution in [2.45, 2.75) is 20.3 Å². The van der Waals surface area contributed by atoms with E-state index < -0.39 is 5.97 Å². The minimum Gasteiger partial charge on any atom is -0.507 e. The largest absolute Gasteiger partial charge is 0.507 e.